The summed E-state index contributed by atoms with van der Waals surface area (Å²) in [5, 5.41) is 0. The molecule has 1 aliphatic rings. The second-order valence-electron chi connectivity index (χ2n) is 3.97. The topological polar surface area (TPSA) is 13.1 Å². The smallest absolute Gasteiger partial charge is 0.114 e. The monoisotopic (exact) mass is 228 g/mol. The molecular weight excluding hydrogens is 212 g/mol. The quantitative estimate of drug-likeness (QED) is 0.752. The zero-order chi connectivity index (χ0) is 10.2. The van der Waals surface area contributed by atoms with Gasteiger partial charge in [-0.2, -0.15) is 0 Å². The average molecular weight is 228 g/mol. The zero-order valence-electron chi connectivity index (χ0n) is 8.92. The van der Waals surface area contributed by atoms with Crippen LogP contribution in [0.4, 0.5) is 0 Å². The molecule has 0 saturated carbocycles. The van der Waals surface area contributed by atoms with Crippen LogP contribution in [0.1, 0.15) is 31.3 Å². The van der Waals surface area contributed by atoms with Gasteiger partial charge in [0.1, 0.15) is 11.5 Å². The van der Waals surface area contributed by atoms with Crippen molar-refractivity contribution in [3.8, 4) is 0 Å². The summed E-state index contributed by atoms with van der Waals surface area (Å²) in [4.78, 5) is 1.32. The number of aryl methyl sites for hydroxylation is 2. The van der Waals surface area contributed by atoms with Gasteiger partial charge in [0, 0.05) is 0 Å². The Balaban J connectivity index is 2.13. The molecule has 1 aliphatic heterocycles. The summed E-state index contributed by atoms with van der Waals surface area (Å²) in [7, 11) is 0. The summed E-state index contributed by atoms with van der Waals surface area (Å²) < 4.78 is 5.92. The molecule has 1 unspecified atom stereocenters. The lowest BCUT2D eigenvalue weighted by molar-refractivity contribution is 0.498. The first-order valence-electron chi connectivity index (χ1n) is 4.99. The van der Waals surface area contributed by atoms with E-state index in [1.165, 1.54) is 23.5 Å². The van der Waals surface area contributed by atoms with Crippen molar-refractivity contribution in [3.05, 3.63) is 17.6 Å². The van der Waals surface area contributed by atoms with Crippen molar-refractivity contribution in [1.82, 2.24) is 0 Å². The molecule has 14 heavy (non-hydrogen) atoms. The third-order valence-electron chi connectivity index (χ3n) is 2.50. The first-order valence-corrected chi connectivity index (χ1v) is 6.79. The fourth-order valence-corrected chi connectivity index (χ4v) is 4.66. The van der Waals surface area contributed by atoms with E-state index < -0.39 is 0 Å². The van der Waals surface area contributed by atoms with Crippen LogP contribution < -0.4 is 0 Å². The van der Waals surface area contributed by atoms with E-state index in [2.05, 4.69) is 31.7 Å². The summed E-state index contributed by atoms with van der Waals surface area (Å²) in [6.45, 7) is 6.41. The Labute approximate surface area is 94.0 Å². The molecule has 0 bridgehead atoms. The van der Waals surface area contributed by atoms with E-state index in [1.54, 1.807) is 0 Å². The minimum Gasteiger partial charge on any atom is -0.465 e. The highest BCUT2D eigenvalue weighted by Gasteiger charge is 2.31. The van der Waals surface area contributed by atoms with Gasteiger partial charge in [0.15, 0.2) is 0 Å². The Morgan fingerprint density at radius 2 is 2.29 bits per heavy atom. The molecule has 1 aromatic rings. The van der Waals surface area contributed by atoms with Crippen LogP contribution in [0.25, 0.3) is 0 Å². The van der Waals surface area contributed by atoms with Gasteiger partial charge in [-0.15, -0.1) is 23.5 Å². The highest BCUT2D eigenvalue weighted by molar-refractivity contribution is 8.18. The molecule has 1 atom stereocenters. The molecule has 1 nitrogen and oxygen atoms in total. The van der Waals surface area contributed by atoms with Gasteiger partial charge in [0.25, 0.3) is 0 Å². The largest absolute Gasteiger partial charge is 0.465 e. The number of furan rings is 1. The number of rotatable bonds is 2. The lowest BCUT2D eigenvalue weighted by Crippen LogP contribution is -2.08. The van der Waals surface area contributed by atoms with Crippen LogP contribution in [0.2, 0.25) is 0 Å². The van der Waals surface area contributed by atoms with Gasteiger partial charge in [-0.1, -0.05) is 0 Å². The van der Waals surface area contributed by atoms with E-state index in [0.717, 1.165) is 11.5 Å². The van der Waals surface area contributed by atoms with Crippen molar-refractivity contribution >= 4 is 23.5 Å². The maximum absolute atomic E-state index is 5.54. The zero-order valence-corrected chi connectivity index (χ0v) is 10.6. The molecule has 0 radical (unpaired) electrons. The lowest BCUT2D eigenvalue weighted by Gasteiger charge is -2.20. The van der Waals surface area contributed by atoms with Crippen LogP contribution in [-0.2, 0) is 0 Å². The fourth-order valence-electron chi connectivity index (χ4n) is 1.78. The maximum Gasteiger partial charge on any atom is 0.114 e. The molecule has 0 amide bonds. The minimum atomic E-state index is 0.376. The van der Waals surface area contributed by atoms with Crippen LogP contribution in [-0.4, -0.2) is 9.83 Å². The fraction of sp³-hybridized carbons (Fsp3) is 0.636. The molecule has 3 heteroatoms. The molecule has 1 saturated heterocycles. The molecule has 1 fully saturated rings. The summed E-state index contributed by atoms with van der Waals surface area (Å²) >= 11 is 4.05. The molecule has 0 aliphatic carbocycles. The Morgan fingerprint density at radius 3 is 2.79 bits per heavy atom. The van der Waals surface area contributed by atoms with E-state index in [-0.39, 0.29) is 0 Å². The molecule has 2 rings (SSSR count). The number of hydrogen-bond donors (Lipinski definition) is 0. The Kier molecular flexibility index (Phi) is 2.89. The maximum atomic E-state index is 5.54. The van der Waals surface area contributed by atoms with Crippen molar-refractivity contribution in [2.45, 2.75) is 42.6 Å². The van der Waals surface area contributed by atoms with Gasteiger partial charge < -0.3 is 4.42 Å². The highest BCUT2D eigenvalue weighted by Crippen LogP contribution is 2.50. The predicted molar refractivity (Wildman–Crippen MR) is 64.1 cm³/mol. The van der Waals surface area contributed by atoms with Crippen molar-refractivity contribution in [2.24, 2.45) is 0 Å². The van der Waals surface area contributed by atoms with Gasteiger partial charge in [-0.05, 0) is 45.4 Å². The second-order valence-corrected chi connectivity index (χ2v) is 7.37. The number of hydrogen-bond acceptors (Lipinski definition) is 3. The van der Waals surface area contributed by atoms with E-state index in [4.69, 9.17) is 4.42 Å². The molecule has 0 aromatic carbocycles. The third-order valence-corrected chi connectivity index (χ3v) is 5.68. The summed E-state index contributed by atoms with van der Waals surface area (Å²) in [6, 6.07) is 2.16. The molecule has 1 aromatic heterocycles. The molecule has 0 spiro atoms. The minimum absolute atomic E-state index is 0.376. The standard InChI is InChI=1S/C11H16OS2/c1-8-7-10(9(2)12-8)14-11(3)5-4-6-13-11/h7H,4-6H2,1-3H3. The van der Waals surface area contributed by atoms with E-state index in [0.29, 0.717) is 4.08 Å². The van der Waals surface area contributed by atoms with Gasteiger partial charge in [-0.3, -0.25) is 0 Å². The van der Waals surface area contributed by atoms with Gasteiger partial charge in [0.05, 0.1) is 8.97 Å². The Hall–Kier alpha value is -0.0200. The first kappa shape index (κ1) is 10.5. The van der Waals surface area contributed by atoms with E-state index in [9.17, 15) is 0 Å². The van der Waals surface area contributed by atoms with Crippen molar-refractivity contribution in [1.29, 1.82) is 0 Å². The second kappa shape index (κ2) is 3.86. The molecule has 78 valence electrons. The summed E-state index contributed by atoms with van der Waals surface area (Å²) in [5.41, 5.74) is 0. The normalized spacial score (nSPS) is 27.1. The molecular formula is C11H16OS2. The van der Waals surface area contributed by atoms with E-state index in [1.807, 2.05) is 18.7 Å². The first-order chi connectivity index (χ1) is 6.59. The Morgan fingerprint density at radius 1 is 1.50 bits per heavy atom. The van der Waals surface area contributed by atoms with Crippen LogP contribution in [0.15, 0.2) is 15.4 Å². The highest BCUT2D eigenvalue weighted by atomic mass is 32.2. The van der Waals surface area contributed by atoms with Crippen molar-refractivity contribution in [3.63, 3.8) is 0 Å². The Bertz CT molecular complexity index is 324. The molecule has 0 N–H and O–H groups in total. The van der Waals surface area contributed by atoms with Gasteiger partial charge in [0.2, 0.25) is 0 Å². The van der Waals surface area contributed by atoms with Crippen LogP contribution in [0, 0.1) is 13.8 Å². The summed E-state index contributed by atoms with van der Waals surface area (Å²) in [5.74, 6) is 3.40. The average Bonchev–Trinajstić information content (AvgIpc) is 2.61. The van der Waals surface area contributed by atoms with Crippen LogP contribution in [0.3, 0.4) is 0 Å². The SMILES string of the molecule is Cc1cc(SC2(C)CCCS2)c(C)o1. The van der Waals surface area contributed by atoms with Crippen molar-refractivity contribution < 1.29 is 4.42 Å². The summed E-state index contributed by atoms with van der Waals surface area (Å²) in [6.07, 6.45) is 2.66. The van der Waals surface area contributed by atoms with Gasteiger partial charge in [-0.25, -0.2) is 0 Å². The van der Waals surface area contributed by atoms with Crippen molar-refractivity contribution in [2.75, 3.05) is 5.75 Å². The molecule has 2 heterocycles. The lowest BCUT2D eigenvalue weighted by atomic mass is 10.3. The number of thioether (sulfide) groups is 2. The predicted octanol–water partition coefficient (Wildman–Crippen LogP) is 4.23. The van der Waals surface area contributed by atoms with E-state index >= 15 is 0 Å². The van der Waals surface area contributed by atoms with Crippen LogP contribution >= 0.6 is 23.5 Å². The third kappa shape index (κ3) is 2.14. The van der Waals surface area contributed by atoms with Crippen LogP contribution in [0.5, 0.6) is 0 Å². The van der Waals surface area contributed by atoms with Gasteiger partial charge >= 0.3 is 0 Å².